The Morgan fingerprint density at radius 3 is 1.75 bits per heavy atom. The highest BCUT2D eigenvalue weighted by molar-refractivity contribution is 9.10. The van der Waals surface area contributed by atoms with Crippen LogP contribution in [0.5, 0.6) is 11.8 Å². The van der Waals surface area contributed by atoms with Crippen molar-refractivity contribution >= 4 is 63.1 Å². The molecule has 4 aromatic heterocycles. The van der Waals surface area contributed by atoms with Crippen molar-refractivity contribution in [3.63, 3.8) is 0 Å². The lowest BCUT2D eigenvalue weighted by molar-refractivity contribution is 0.397. The quantitative estimate of drug-likeness (QED) is 0.203. The number of pyridine rings is 4. The van der Waals surface area contributed by atoms with Crippen LogP contribution in [0.15, 0.2) is 65.7 Å². The molecule has 4 aromatic rings. The van der Waals surface area contributed by atoms with Gasteiger partial charge in [-0.25, -0.2) is 19.9 Å². The minimum atomic E-state index is -1.46. The number of nitrogen functional groups attached to an aromatic ring is 2. The molecule has 0 atom stereocenters. The summed E-state index contributed by atoms with van der Waals surface area (Å²) in [5, 5.41) is 18.1. The summed E-state index contributed by atoms with van der Waals surface area (Å²) in [5.41, 5.74) is 14.5. The monoisotopic (exact) mass is 594 g/mol. The van der Waals surface area contributed by atoms with E-state index < -0.39 is 7.12 Å². The van der Waals surface area contributed by atoms with E-state index in [9.17, 15) is 0 Å². The predicted octanol–water partition coefficient (Wildman–Crippen LogP) is 3.24. The van der Waals surface area contributed by atoms with Gasteiger partial charge in [-0.05, 0) is 40.2 Å². The largest absolute Gasteiger partial charge is 0.490 e. The molecule has 0 radical (unpaired) electrons. The van der Waals surface area contributed by atoms with Gasteiger partial charge in [0.2, 0.25) is 11.8 Å². The Hall–Kier alpha value is -3.16. The molecule has 0 aliphatic carbocycles. The van der Waals surface area contributed by atoms with Crippen molar-refractivity contribution in [3.8, 4) is 22.9 Å². The maximum absolute atomic E-state index is 8.66. The number of ether oxygens (including phenoxy) is 2. The summed E-state index contributed by atoms with van der Waals surface area (Å²) in [5.74, 6) is 1.01. The Kier molecular flexibility index (Phi) is 11.6. The number of hydrogen-bond donors (Lipinski definition) is 4. The molecule has 0 saturated heterocycles. The summed E-state index contributed by atoms with van der Waals surface area (Å²) in [4.78, 5) is 15.6. The molecule has 0 unspecified atom stereocenters. The van der Waals surface area contributed by atoms with Crippen molar-refractivity contribution in [2.75, 3.05) is 25.7 Å². The molecular formula is C22H22BBrCl2N6O4. The zero-order valence-electron chi connectivity index (χ0n) is 19.1. The van der Waals surface area contributed by atoms with Crippen LogP contribution in [0.2, 0.25) is 10.3 Å². The van der Waals surface area contributed by atoms with E-state index in [1.165, 1.54) is 19.4 Å². The fourth-order valence-corrected chi connectivity index (χ4v) is 2.99. The molecule has 10 nitrogen and oxygen atoms in total. The van der Waals surface area contributed by atoms with Gasteiger partial charge in [-0.1, -0.05) is 29.3 Å². The van der Waals surface area contributed by atoms with Gasteiger partial charge in [0.25, 0.3) is 0 Å². The Bertz CT molecular complexity index is 1250. The first kappa shape index (κ1) is 29.1. The van der Waals surface area contributed by atoms with Gasteiger partial charge in [0.05, 0.1) is 24.4 Å². The predicted molar refractivity (Wildman–Crippen MR) is 145 cm³/mol. The third-order valence-corrected chi connectivity index (χ3v) is 5.35. The molecule has 0 aliphatic rings. The summed E-state index contributed by atoms with van der Waals surface area (Å²) in [7, 11) is 1.60. The molecule has 36 heavy (non-hydrogen) atoms. The summed E-state index contributed by atoms with van der Waals surface area (Å²) in [6.45, 7) is 0. The summed E-state index contributed by atoms with van der Waals surface area (Å²) >= 11 is 14.4. The average Bonchev–Trinajstić information content (AvgIpc) is 2.87. The highest BCUT2D eigenvalue weighted by Gasteiger charge is 2.10. The molecule has 0 bridgehead atoms. The molecular weight excluding hydrogens is 574 g/mol. The lowest BCUT2D eigenvalue weighted by Crippen LogP contribution is -2.29. The Balaban J connectivity index is 0.000000200. The average molecular weight is 596 g/mol. The smallest absolute Gasteiger partial charge is 0.481 e. The number of anilines is 2. The summed E-state index contributed by atoms with van der Waals surface area (Å²) in [6, 6.07) is 9.94. The van der Waals surface area contributed by atoms with Crippen molar-refractivity contribution in [1.82, 2.24) is 19.9 Å². The molecule has 4 rings (SSSR count). The summed E-state index contributed by atoms with van der Waals surface area (Å²) in [6.07, 6.45) is 6.22. The lowest BCUT2D eigenvalue weighted by atomic mass is 9.82. The fourth-order valence-electron chi connectivity index (χ4n) is 2.44. The zero-order valence-corrected chi connectivity index (χ0v) is 22.2. The highest BCUT2D eigenvalue weighted by atomic mass is 79.9. The molecule has 0 spiro atoms. The number of aromatic nitrogens is 4. The van der Waals surface area contributed by atoms with E-state index in [4.69, 9.17) is 54.2 Å². The molecule has 6 N–H and O–H groups in total. The van der Waals surface area contributed by atoms with Gasteiger partial charge in [0.15, 0.2) is 0 Å². The zero-order chi connectivity index (χ0) is 26.7. The van der Waals surface area contributed by atoms with Gasteiger partial charge in [-0.15, -0.1) is 0 Å². The number of halogens is 3. The molecule has 0 aromatic carbocycles. The lowest BCUT2D eigenvalue weighted by Gasteiger charge is -2.05. The molecule has 0 aliphatic heterocycles. The van der Waals surface area contributed by atoms with Crippen LogP contribution >= 0.6 is 39.1 Å². The molecule has 188 valence electrons. The third kappa shape index (κ3) is 9.13. The first-order valence-electron chi connectivity index (χ1n) is 9.98. The topological polar surface area (TPSA) is 163 Å². The van der Waals surface area contributed by atoms with Gasteiger partial charge < -0.3 is 31.0 Å². The van der Waals surface area contributed by atoms with Gasteiger partial charge in [-0.3, -0.25) is 0 Å². The van der Waals surface area contributed by atoms with Crippen LogP contribution in [-0.2, 0) is 0 Å². The van der Waals surface area contributed by atoms with Crippen molar-refractivity contribution in [3.05, 3.63) is 76.0 Å². The van der Waals surface area contributed by atoms with Gasteiger partial charge >= 0.3 is 7.12 Å². The van der Waals surface area contributed by atoms with Crippen molar-refractivity contribution in [2.24, 2.45) is 0 Å². The van der Waals surface area contributed by atoms with E-state index in [2.05, 4.69) is 35.9 Å². The molecule has 14 heteroatoms. The van der Waals surface area contributed by atoms with Crippen LogP contribution in [0, 0.1) is 0 Å². The van der Waals surface area contributed by atoms with Crippen LogP contribution in [0.4, 0.5) is 11.4 Å². The molecule has 0 saturated carbocycles. The van der Waals surface area contributed by atoms with Gasteiger partial charge in [0.1, 0.15) is 10.3 Å². The molecule has 4 heterocycles. The first-order chi connectivity index (χ1) is 17.1. The maximum Gasteiger partial charge on any atom is 0.490 e. The van der Waals surface area contributed by atoms with Crippen molar-refractivity contribution < 1.29 is 19.5 Å². The highest BCUT2D eigenvalue weighted by Crippen LogP contribution is 2.27. The van der Waals surface area contributed by atoms with Gasteiger partial charge in [0, 0.05) is 53.1 Å². The van der Waals surface area contributed by atoms with Crippen LogP contribution in [0.3, 0.4) is 0 Å². The Morgan fingerprint density at radius 2 is 1.33 bits per heavy atom. The molecule has 0 fully saturated rings. The van der Waals surface area contributed by atoms with Crippen LogP contribution in [0.1, 0.15) is 0 Å². The second kappa shape index (κ2) is 14.4. The van der Waals surface area contributed by atoms with E-state index >= 15 is 0 Å². The molecule has 0 amide bonds. The van der Waals surface area contributed by atoms with Crippen LogP contribution in [-0.4, -0.2) is 51.3 Å². The van der Waals surface area contributed by atoms with Crippen LogP contribution in [0.25, 0.3) is 11.1 Å². The number of nitrogens with two attached hydrogens (primary N) is 2. The number of nitrogens with zero attached hydrogens (tertiary/aromatic N) is 4. The van der Waals surface area contributed by atoms with Crippen LogP contribution < -0.4 is 26.4 Å². The standard InChI is InChI=1S/C11H10ClN3O.C6H8BNO3.C5H4BrClN2/c1-16-11-3-2-7(5-15-11)8-6-14-10(12)4-9(8)13;1-11-6-3-2-5(4-8-6)7(9)10;6-3-2-9-5(7)1-4(3)8/h2-6H,1H3,(H2,13,14);2-4,9-10H,1H3;1-2H,(H2,8,9). The number of methoxy groups -OCH3 is 2. The second-order valence-electron chi connectivity index (χ2n) is 6.72. The first-order valence-corrected chi connectivity index (χ1v) is 11.5. The van der Waals surface area contributed by atoms with E-state index in [1.54, 1.807) is 50.0 Å². The van der Waals surface area contributed by atoms with E-state index in [0.717, 1.165) is 15.6 Å². The SMILES string of the molecule is COc1ccc(-c2cnc(Cl)cc2N)cn1.COc1ccc(B(O)O)cn1.Nc1cc(Cl)ncc1Br. The Morgan fingerprint density at radius 1 is 0.778 bits per heavy atom. The van der Waals surface area contributed by atoms with Crippen molar-refractivity contribution in [2.45, 2.75) is 0 Å². The Labute approximate surface area is 226 Å². The number of hydrogen-bond acceptors (Lipinski definition) is 10. The minimum Gasteiger partial charge on any atom is -0.481 e. The van der Waals surface area contributed by atoms with E-state index in [-0.39, 0.29) is 0 Å². The minimum absolute atomic E-state index is 0.353. The second-order valence-corrected chi connectivity index (χ2v) is 8.35. The third-order valence-electron chi connectivity index (χ3n) is 4.28. The fraction of sp³-hybridized carbons (Fsp3) is 0.0909. The van der Waals surface area contributed by atoms with E-state index in [1.807, 2.05) is 6.07 Å². The normalized spacial score (nSPS) is 9.75. The van der Waals surface area contributed by atoms with Crippen molar-refractivity contribution in [1.29, 1.82) is 0 Å². The number of rotatable bonds is 4. The van der Waals surface area contributed by atoms with E-state index in [0.29, 0.717) is 38.9 Å². The van der Waals surface area contributed by atoms with Gasteiger partial charge in [-0.2, -0.15) is 0 Å². The maximum atomic E-state index is 8.66. The summed E-state index contributed by atoms with van der Waals surface area (Å²) < 4.78 is 10.5.